The van der Waals surface area contributed by atoms with E-state index in [9.17, 15) is 14.7 Å². The zero-order valence-corrected chi connectivity index (χ0v) is 26.2. The minimum absolute atomic E-state index is 0.0779. The molecule has 206 valence electrons. The molecule has 0 bridgehead atoms. The van der Waals surface area contributed by atoms with Gasteiger partial charge in [-0.25, -0.2) is 9.98 Å². The molecule has 0 saturated heterocycles. The fourth-order valence-corrected chi connectivity index (χ4v) is 7.42. The number of nitrogen functional groups attached to an aromatic ring is 1. The van der Waals surface area contributed by atoms with Gasteiger partial charge in [0.15, 0.2) is 17.6 Å². The first-order valence-corrected chi connectivity index (χ1v) is 15.0. The third-order valence-electron chi connectivity index (χ3n) is 7.32. The van der Waals surface area contributed by atoms with Gasteiger partial charge in [0.1, 0.15) is 17.4 Å². The Balaban J connectivity index is 1.30. The van der Waals surface area contributed by atoms with Crippen LogP contribution < -0.4 is 27.4 Å². The summed E-state index contributed by atoms with van der Waals surface area (Å²) in [4.78, 5) is 40.6. The molecule has 2 aliphatic heterocycles. The van der Waals surface area contributed by atoms with Gasteiger partial charge < -0.3 is 47.1 Å². The molecule has 1 saturated carbocycles. The first kappa shape index (κ1) is 26.9. The highest BCUT2D eigenvalue weighted by Gasteiger charge is 2.67. The third-order valence-corrected chi connectivity index (χ3v) is 11.1. The number of aromatic amines is 2. The van der Waals surface area contributed by atoms with Gasteiger partial charge in [0.2, 0.25) is 0 Å². The van der Waals surface area contributed by atoms with Gasteiger partial charge in [-0.15, -0.1) is 0 Å². The van der Waals surface area contributed by atoms with Crippen LogP contribution in [0.5, 0.6) is 0 Å². The summed E-state index contributed by atoms with van der Waals surface area (Å²) in [7, 11) is 0. The average molecular weight is 794 g/mol. The predicted octanol–water partition coefficient (Wildman–Crippen LogP) is 1.96. The maximum atomic E-state index is 13.0. The van der Waals surface area contributed by atoms with Crippen LogP contribution in [0.25, 0.3) is 0 Å². The number of carbonyl (C=O) groups is 2. The zero-order valence-electron chi connectivity index (χ0n) is 19.9. The van der Waals surface area contributed by atoms with Crippen LogP contribution in [-0.2, 0) is 6.42 Å². The second-order valence-corrected chi connectivity index (χ2v) is 12.9. The lowest BCUT2D eigenvalue weighted by Gasteiger charge is -2.35. The summed E-state index contributed by atoms with van der Waals surface area (Å²) in [6.07, 6.45) is 1.05. The number of aliphatic hydroxyl groups is 1. The van der Waals surface area contributed by atoms with Crippen molar-refractivity contribution in [1.29, 1.82) is 0 Å². The normalized spacial score (nSPS) is 26.9. The fraction of sp³-hybridized carbons (Fsp3) is 0.364. The number of H-pyrrole nitrogens is 2. The van der Waals surface area contributed by atoms with Crippen LogP contribution >= 0.6 is 63.7 Å². The van der Waals surface area contributed by atoms with Crippen molar-refractivity contribution < 1.29 is 14.7 Å². The highest BCUT2D eigenvalue weighted by molar-refractivity contribution is 9.13. The molecule has 3 aromatic rings. The SMILES string of the molecule is NC1=NC2C3NC(=O)c4cc(Br)c(Br)n4C3C(c3nc(N)[nH]c3CCCNC(=O)c3cc(Br)c(Br)[nH]3)C2(O)N1. The Bertz CT molecular complexity index is 1530. The van der Waals surface area contributed by atoms with E-state index < -0.39 is 29.8 Å². The van der Waals surface area contributed by atoms with E-state index in [0.29, 0.717) is 55.8 Å². The molecular weight excluding hydrogens is 772 g/mol. The van der Waals surface area contributed by atoms with Gasteiger partial charge in [0, 0.05) is 12.2 Å². The lowest BCUT2D eigenvalue weighted by Crippen LogP contribution is -2.55. The molecular formula is C22H22Br4N10O3. The Hall–Kier alpha value is -2.34. The van der Waals surface area contributed by atoms with Gasteiger partial charge in [0.25, 0.3) is 11.8 Å². The summed E-state index contributed by atoms with van der Waals surface area (Å²) >= 11 is 13.8. The molecule has 5 heterocycles. The molecule has 1 aliphatic carbocycles. The van der Waals surface area contributed by atoms with E-state index in [4.69, 9.17) is 11.5 Å². The second kappa shape index (κ2) is 9.64. The molecule has 0 aromatic carbocycles. The predicted molar refractivity (Wildman–Crippen MR) is 156 cm³/mol. The number of aryl methyl sites for hydroxylation is 1. The third kappa shape index (κ3) is 4.24. The van der Waals surface area contributed by atoms with Crippen LogP contribution in [0.15, 0.2) is 35.3 Å². The van der Waals surface area contributed by atoms with Crippen LogP contribution in [0.4, 0.5) is 5.95 Å². The van der Waals surface area contributed by atoms with Gasteiger partial charge in [-0.2, -0.15) is 0 Å². The molecule has 17 heteroatoms. The lowest BCUT2D eigenvalue weighted by molar-refractivity contribution is 0.00378. The van der Waals surface area contributed by atoms with Crippen molar-refractivity contribution in [3.8, 4) is 0 Å². The number of hydrogen-bond donors (Lipinski definition) is 8. The van der Waals surface area contributed by atoms with Crippen molar-refractivity contribution in [1.82, 2.24) is 35.5 Å². The molecule has 1 fully saturated rings. The van der Waals surface area contributed by atoms with Crippen LogP contribution in [0.3, 0.4) is 0 Å². The molecule has 3 aliphatic rings. The summed E-state index contributed by atoms with van der Waals surface area (Å²) in [6, 6.07) is 1.61. The van der Waals surface area contributed by atoms with E-state index in [2.05, 4.69) is 99.6 Å². The highest BCUT2D eigenvalue weighted by atomic mass is 79.9. The first-order valence-electron chi connectivity index (χ1n) is 11.9. The van der Waals surface area contributed by atoms with Gasteiger partial charge in [-0.1, -0.05) is 0 Å². The Morgan fingerprint density at radius 1 is 1.18 bits per heavy atom. The number of fused-ring (bicyclic) bond motifs is 5. The van der Waals surface area contributed by atoms with Crippen molar-refractivity contribution in [3.63, 3.8) is 0 Å². The molecule has 10 N–H and O–H groups in total. The van der Waals surface area contributed by atoms with Gasteiger partial charge in [-0.05, 0) is 88.7 Å². The largest absolute Gasteiger partial charge is 0.370 e. The first-order chi connectivity index (χ1) is 18.5. The molecule has 6 rings (SSSR count). The summed E-state index contributed by atoms with van der Waals surface area (Å²) in [6.45, 7) is 0.389. The lowest BCUT2D eigenvalue weighted by atomic mass is 9.89. The van der Waals surface area contributed by atoms with Crippen LogP contribution in [-0.4, -0.2) is 66.8 Å². The van der Waals surface area contributed by atoms with Crippen LogP contribution in [0, 0.1) is 0 Å². The number of hydrogen-bond acceptors (Lipinski definition) is 8. The number of nitrogens with one attached hydrogen (secondary N) is 5. The number of anilines is 1. The summed E-state index contributed by atoms with van der Waals surface area (Å²) in [5, 5.41) is 20.9. The number of rotatable bonds is 6. The Morgan fingerprint density at radius 3 is 2.67 bits per heavy atom. The second-order valence-electron chi connectivity index (χ2n) is 9.61. The van der Waals surface area contributed by atoms with Crippen molar-refractivity contribution >= 4 is 87.4 Å². The molecule has 2 amide bonds. The maximum absolute atomic E-state index is 13.0. The number of carbonyl (C=O) groups excluding carboxylic acids is 2. The molecule has 5 unspecified atom stereocenters. The minimum atomic E-state index is -1.64. The zero-order chi connectivity index (χ0) is 27.8. The summed E-state index contributed by atoms with van der Waals surface area (Å²) in [5.74, 6) is -0.954. The molecule has 5 atom stereocenters. The minimum Gasteiger partial charge on any atom is -0.370 e. The van der Waals surface area contributed by atoms with Crippen LogP contribution in [0.2, 0.25) is 0 Å². The Morgan fingerprint density at radius 2 is 1.95 bits per heavy atom. The summed E-state index contributed by atoms with van der Waals surface area (Å²) < 4.78 is 4.65. The van der Waals surface area contributed by atoms with E-state index >= 15 is 0 Å². The highest BCUT2D eigenvalue weighted by Crippen LogP contribution is 2.54. The number of guanidine groups is 1. The van der Waals surface area contributed by atoms with E-state index in [-0.39, 0.29) is 23.7 Å². The number of amides is 2. The van der Waals surface area contributed by atoms with Crippen molar-refractivity contribution in [2.45, 2.75) is 42.6 Å². The molecule has 39 heavy (non-hydrogen) atoms. The number of aromatic nitrogens is 4. The Kier molecular flexibility index (Phi) is 6.64. The quantitative estimate of drug-likeness (QED) is 0.174. The molecule has 13 nitrogen and oxygen atoms in total. The van der Waals surface area contributed by atoms with Crippen molar-refractivity contribution in [3.05, 3.63) is 53.1 Å². The van der Waals surface area contributed by atoms with Crippen molar-refractivity contribution in [2.24, 2.45) is 10.7 Å². The summed E-state index contributed by atoms with van der Waals surface area (Å²) in [5.41, 5.74) is 12.6. The smallest absolute Gasteiger partial charge is 0.268 e. The van der Waals surface area contributed by atoms with E-state index in [1.54, 1.807) is 12.1 Å². The molecule has 0 spiro atoms. The van der Waals surface area contributed by atoms with E-state index in [0.717, 1.165) is 4.47 Å². The van der Waals surface area contributed by atoms with Crippen molar-refractivity contribution in [2.75, 3.05) is 12.3 Å². The van der Waals surface area contributed by atoms with E-state index in [1.807, 2.05) is 4.57 Å². The van der Waals surface area contributed by atoms with Gasteiger partial charge >= 0.3 is 0 Å². The number of nitrogens with two attached hydrogens (primary N) is 2. The van der Waals surface area contributed by atoms with Gasteiger partial charge in [0.05, 0.1) is 41.8 Å². The Labute approximate surface area is 254 Å². The van der Waals surface area contributed by atoms with Crippen LogP contribution in [0.1, 0.15) is 50.7 Å². The molecule has 0 radical (unpaired) electrons. The number of imidazole rings is 1. The average Bonchev–Trinajstić information content (AvgIpc) is 3.62. The van der Waals surface area contributed by atoms with E-state index in [1.165, 1.54) is 0 Å². The molecule has 3 aromatic heterocycles. The fourth-order valence-electron chi connectivity index (χ4n) is 5.82. The number of nitrogens with zero attached hydrogens (tertiary/aromatic N) is 3. The standard InChI is InChI=1S/C22H22Br4N10O3/c23-6-4-9(30-16(6)25)18(37)29-3-1-2-8-12(33-20(27)31-8)11-14-13(15-22(11,39)35-21(28)34-15)32-19(38)10-5-7(24)17(26)36(10)14/h4-5,11,13-15,30,39H,1-3H2,(H,29,37)(H,32,38)(H3,27,31,33)(H3,28,34,35). The monoisotopic (exact) mass is 790 g/mol. The maximum Gasteiger partial charge on any atom is 0.268 e. The topological polar surface area (TPSA) is 204 Å². The van der Waals surface area contributed by atoms with Gasteiger partial charge in [-0.3, -0.25) is 9.59 Å². The number of halogens is 4. The number of aliphatic imine (C=N–C) groups is 1.